The summed E-state index contributed by atoms with van der Waals surface area (Å²) in [5.41, 5.74) is 6.24. The van der Waals surface area contributed by atoms with Crippen LogP contribution in [0.3, 0.4) is 0 Å². The van der Waals surface area contributed by atoms with Crippen LogP contribution in [0.25, 0.3) is 11.1 Å². The van der Waals surface area contributed by atoms with Gasteiger partial charge in [0, 0.05) is 4.47 Å². The fourth-order valence-electron chi connectivity index (χ4n) is 2.59. The number of aryl methyl sites for hydroxylation is 1. The third-order valence-corrected chi connectivity index (χ3v) is 4.50. The summed E-state index contributed by atoms with van der Waals surface area (Å²) >= 11 is 3.58. The van der Waals surface area contributed by atoms with Crippen LogP contribution in [-0.4, -0.2) is 0 Å². The lowest BCUT2D eigenvalue weighted by Crippen LogP contribution is -1.95. The van der Waals surface area contributed by atoms with E-state index in [9.17, 15) is 0 Å². The molecule has 0 N–H and O–H groups in total. The molecule has 0 aliphatic heterocycles. The summed E-state index contributed by atoms with van der Waals surface area (Å²) in [5, 5.41) is 0. The Balaban J connectivity index is 1.77. The van der Waals surface area contributed by atoms with Crippen LogP contribution < -0.4 is 4.74 Å². The summed E-state index contributed by atoms with van der Waals surface area (Å²) in [5.74, 6) is 0.891. The van der Waals surface area contributed by atoms with Crippen molar-refractivity contribution in [2.75, 3.05) is 0 Å². The lowest BCUT2D eigenvalue weighted by atomic mass is 9.97. The van der Waals surface area contributed by atoms with Gasteiger partial charge in [0.15, 0.2) is 0 Å². The standard InChI is InChI=1S/C21H19BrO/c1-15-12-19(22)13-21(16(15)2)18-8-10-20(11-9-18)23-14-17-6-4-3-5-7-17/h3-13H,14H2,1-2H3. The van der Waals surface area contributed by atoms with E-state index < -0.39 is 0 Å². The average molecular weight is 367 g/mol. The second kappa shape index (κ2) is 7.01. The van der Waals surface area contributed by atoms with Crippen molar-refractivity contribution in [2.45, 2.75) is 20.5 Å². The third-order valence-electron chi connectivity index (χ3n) is 4.05. The van der Waals surface area contributed by atoms with Crippen LogP contribution in [0, 0.1) is 13.8 Å². The highest BCUT2D eigenvalue weighted by molar-refractivity contribution is 9.10. The van der Waals surface area contributed by atoms with Gasteiger partial charge < -0.3 is 4.74 Å². The highest BCUT2D eigenvalue weighted by Crippen LogP contribution is 2.30. The molecule has 0 fully saturated rings. The van der Waals surface area contributed by atoms with Crippen molar-refractivity contribution in [1.29, 1.82) is 0 Å². The topological polar surface area (TPSA) is 9.23 Å². The number of benzene rings is 3. The molecule has 0 aliphatic rings. The monoisotopic (exact) mass is 366 g/mol. The molecule has 0 spiro atoms. The first-order valence-electron chi connectivity index (χ1n) is 7.67. The van der Waals surface area contributed by atoms with E-state index in [-0.39, 0.29) is 0 Å². The van der Waals surface area contributed by atoms with Crippen molar-refractivity contribution in [2.24, 2.45) is 0 Å². The Labute approximate surface area is 146 Å². The van der Waals surface area contributed by atoms with Crippen LogP contribution >= 0.6 is 15.9 Å². The zero-order valence-electron chi connectivity index (χ0n) is 13.3. The van der Waals surface area contributed by atoms with Crippen LogP contribution in [0.2, 0.25) is 0 Å². The second-order valence-electron chi connectivity index (χ2n) is 5.69. The summed E-state index contributed by atoms with van der Waals surface area (Å²) in [4.78, 5) is 0. The van der Waals surface area contributed by atoms with E-state index in [0.717, 1.165) is 10.2 Å². The van der Waals surface area contributed by atoms with Crippen molar-refractivity contribution in [3.8, 4) is 16.9 Å². The van der Waals surface area contributed by atoms with Crippen molar-refractivity contribution < 1.29 is 4.74 Å². The number of halogens is 1. The van der Waals surface area contributed by atoms with Crippen molar-refractivity contribution in [3.05, 3.63) is 87.9 Å². The molecule has 2 heteroatoms. The minimum absolute atomic E-state index is 0.592. The molecule has 3 aromatic carbocycles. The predicted octanol–water partition coefficient (Wildman–Crippen LogP) is 6.31. The Morgan fingerprint density at radius 1 is 0.870 bits per heavy atom. The summed E-state index contributed by atoms with van der Waals surface area (Å²) in [6.07, 6.45) is 0. The van der Waals surface area contributed by atoms with Gasteiger partial charge in [0.25, 0.3) is 0 Å². The lowest BCUT2D eigenvalue weighted by molar-refractivity contribution is 0.306. The van der Waals surface area contributed by atoms with Crippen molar-refractivity contribution in [1.82, 2.24) is 0 Å². The molecule has 1 nitrogen and oxygen atoms in total. The number of hydrogen-bond donors (Lipinski definition) is 0. The van der Waals surface area contributed by atoms with Crippen molar-refractivity contribution in [3.63, 3.8) is 0 Å². The van der Waals surface area contributed by atoms with Crippen LogP contribution in [0.15, 0.2) is 71.2 Å². The molecule has 3 aromatic rings. The lowest BCUT2D eigenvalue weighted by Gasteiger charge is -2.11. The highest BCUT2D eigenvalue weighted by Gasteiger charge is 2.06. The van der Waals surface area contributed by atoms with Gasteiger partial charge in [0.05, 0.1) is 0 Å². The molecule has 0 radical (unpaired) electrons. The zero-order valence-corrected chi connectivity index (χ0v) is 14.9. The molecule has 3 rings (SSSR count). The Kier molecular flexibility index (Phi) is 4.82. The minimum atomic E-state index is 0.592. The van der Waals surface area contributed by atoms with Crippen LogP contribution in [0.1, 0.15) is 16.7 Å². The maximum atomic E-state index is 5.85. The smallest absolute Gasteiger partial charge is 0.119 e. The second-order valence-corrected chi connectivity index (χ2v) is 6.61. The Bertz CT molecular complexity index is 792. The molecule has 0 aliphatic carbocycles. The number of hydrogen-bond acceptors (Lipinski definition) is 1. The van der Waals surface area contributed by atoms with E-state index in [4.69, 9.17) is 4.74 Å². The van der Waals surface area contributed by atoms with E-state index in [1.807, 2.05) is 30.3 Å². The third kappa shape index (κ3) is 3.83. The molecule has 0 aromatic heterocycles. The molecule has 0 saturated carbocycles. The fourth-order valence-corrected chi connectivity index (χ4v) is 3.16. The highest BCUT2D eigenvalue weighted by atomic mass is 79.9. The number of ether oxygens (including phenoxy) is 1. The van der Waals surface area contributed by atoms with Gasteiger partial charge in [-0.2, -0.15) is 0 Å². The summed E-state index contributed by atoms with van der Waals surface area (Å²) < 4.78 is 6.96. The van der Waals surface area contributed by atoms with Gasteiger partial charge in [-0.15, -0.1) is 0 Å². The Morgan fingerprint density at radius 3 is 2.26 bits per heavy atom. The Hall–Kier alpha value is -2.06. The van der Waals surface area contributed by atoms with Gasteiger partial charge in [0.2, 0.25) is 0 Å². The zero-order chi connectivity index (χ0) is 16.2. The molecule has 0 amide bonds. The summed E-state index contributed by atoms with van der Waals surface area (Å²) in [7, 11) is 0. The maximum Gasteiger partial charge on any atom is 0.119 e. The van der Waals surface area contributed by atoms with Gasteiger partial charge in [0.1, 0.15) is 12.4 Å². The molecule has 0 atom stereocenters. The van der Waals surface area contributed by atoms with E-state index in [0.29, 0.717) is 6.61 Å². The molecule has 0 heterocycles. The largest absolute Gasteiger partial charge is 0.489 e. The van der Waals surface area contributed by atoms with Crippen molar-refractivity contribution >= 4 is 15.9 Å². The van der Waals surface area contributed by atoms with Gasteiger partial charge in [-0.25, -0.2) is 0 Å². The van der Waals surface area contributed by atoms with E-state index >= 15 is 0 Å². The maximum absolute atomic E-state index is 5.85. The van der Waals surface area contributed by atoms with Gasteiger partial charge in [-0.05, 0) is 65.9 Å². The first-order chi connectivity index (χ1) is 11.1. The molecule has 0 saturated heterocycles. The van der Waals surface area contributed by atoms with E-state index in [1.54, 1.807) is 0 Å². The van der Waals surface area contributed by atoms with Gasteiger partial charge in [-0.1, -0.05) is 58.4 Å². The molecular formula is C21H19BrO. The fraction of sp³-hybridized carbons (Fsp3) is 0.143. The SMILES string of the molecule is Cc1cc(Br)cc(-c2ccc(OCc3ccccc3)cc2)c1C. The summed E-state index contributed by atoms with van der Waals surface area (Å²) in [6, 6.07) is 22.8. The molecule has 116 valence electrons. The molecule has 23 heavy (non-hydrogen) atoms. The molecule has 0 bridgehead atoms. The first-order valence-corrected chi connectivity index (χ1v) is 8.47. The van der Waals surface area contributed by atoms with Crippen LogP contribution in [-0.2, 0) is 6.61 Å². The molecular weight excluding hydrogens is 348 g/mol. The number of rotatable bonds is 4. The average Bonchev–Trinajstić information content (AvgIpc) is 2.58. The normalized spacial score (nSPS) is 10.6. The van der Waals surface area contributed by atoms with E-state index in [2.05, 4.69) is 66.2 Å². The van der Waals surface area contributed by atoms with Gasteiger partial charge in [-0.3, -0.25) is 0 Å². The molecule has 0 unspecified atom stereocenters. The van der Waals surface area contributed by atoms with Crippen LogP contribution in [0.5, 0.6) is 5.75 Å². The Morgan fingerprint density at radius 2 is 1.57 bits per heavy atom. The van der Waals surface area contributed by atoms with Gasteiger partial charge >= 0.3 is 0 Å². The van der Waals surface area contributed by atoms with Crippen LogP contribution in [0.4, 0.5) is 0 Å². The quantitative estimate of drug-likeness (QED) is 0.525. The van der Waals surface area contributed by atoms with E-state index in [1.165, 1.54) is 27.8 Å². The summed E-state index contributed by atoms with van der Waals surface area (Å²) in [6.45, 7) is 4.90. The predicted molar refractivity (Wildman–Crippen MR) is 99.8 cm³/mol. The minimum Gasteiger partial charge on any atom is -0.489 e. The first kappa shape index (κ1) is 15.8.